The van der Waals surface area contributed by atoms with Crippen molar-refractivity contribution in [1.29, 1.82) is 0 Å². The molecule has 0 saturated heterocycles. The van der Waals surface area contributed by atoms with Gasteiger partial charge in [0.1, 0.15) is 17.9 Å². The number of aliphatic imine (C=N–C) groups is 1. The summed E-state index contributed by atoms with van der Waals surface area (Å²) in [5.74, 6) is 1.66. The SMILES string of the molecule is CCNC(=NCc1cc2ccccc2o1)NCCc1ncc(C)s1. The highest BCUT2D eigenvalue weighted by molar-refractivity contribution is 7.11. The van der Waals surface area contributed by atoms with E-state index in [1.165, 1.54) is 4.88 Å². The zero-order valence-electron chi connectivity index (χ0n) is 14.0. The van der Waals surface area contributed by atoms with Gasteiger partial charge in [0, 0.05) is 36.0 Å². The number of para-hydroxylation sites is 1. The van der Waals surface area contributed by atoms with E-state index in [0.29, 0.717) is 6.54 Å². The first-order chi connectivity index (χ1) is 11.7. The number of aromatic nitrogens is 1. The molecule has 5 nitrogen and oxygen atoms in total. The molecule has 0 aliphatic heterocycles. The van der Waals surface area contributed by atoms with E-state index in [0.717, 1.165) is 47.2 Å². The molecule has 0 saturated carbocycles. The van der Waals surface area contributed by atoms with Crippen LogP contribution < -0.4 is 10.6 Å². The molecule has 0 bridgehead atoms. The molecular weight excluding hydrogens is 320 g/mol. The summed E-state index contributed by atoms with van der Waals surface area (Å²) in [6.07, 6.45) is 2.81. The fourth-order valence-corrected chi connectivity index (χ4v) is 3.20. The second kappa shape index (κ2) is 7.97. The van der Waals surface area contributed by atoms with E-state index in [9.17, 15) is 0 Å². The van der Waals surface area contributed by atoms with Gasteiger partial charge in [-0.3, -0.25) is 0 Å². The predicted molar refractivity (Wildman–Crippen MR) is 99.6 cm³/mol. The van der Waals surface area contributed by atoms with Crippen molar-refractivity contribution in [1.82, 2.24) is 15.6 Å². The Morgan fingerprint density at radius 2 is 2.17 bits per heavy atom. The van der Waals surface area contributed by atoms with Crippen LogP contribution in [0.2, 0.25) is 0 Å². The van der Waals surface area contributed by atoms with Crippen LogP contribution in [0.1, 0.15) is 22.6 Å². The molecule has 126 valence electrons. The number of nitrogens with one attached hydrogen (secondary N) is 2. The number of nitrogens with zero attached hydrogens (tertiary/aromatic N) is 2. The smallest absolute Gasteiger partial charge is 0.191 e. The van der Waals surface area contributed by atoms with Crippen molar-refractivity contribution < 1.29 is 4.42 Å². The molecule has 0 aliphatic rings. The van der Waals surface area contributed by atoms with Crippen molar-refractivity contribution in [2.75, 3.05) is 13.1 Å². The van der Waals surface area contributed by atoms with Gasteiger partial charge < -0.3 is 15.1 Å². The highest BCUT2D eigenvalue weighted by Gasteiger charge is 2.04. The van der Waals surface area contributed by atoms with Gasteiger partial charge in [-0.15, -0.1) is 11.3 Å². The van der Waals surface area contributed by atoms with Gasteiger partial charge in [-0.05, 0) is 26.0 Å². The Balaban J connectivity index is 1.58. The van der Waals surface area contributed by atoms with Crippen LogP contribution in [0.5, 0.6) is 0 Å². The number of guanidine groups is 1. The van der Waals surface area contributed by atoms with E-state index in [4.69, 9.17) is 4.42 Å². The molecule has 0 aliphatic carbocycles. The maximum absolute atomic E-state index is 5.80. The van der Waals surface area contributed by atoms with Crippen molar-refractivity contribution >= 4 is 28.3 Å². The average Bonchev–Trinajstić information content (AvgIpc) is 3.18. The van der Waals surface area contributed by atoms with Gasteiger partial charge in [-0.2, -0.15) is 0 Å². The highest BCUT2D eigenvalue weighted by Crippen LogP contribution is 2.19. The fourth-order valence-electron chi connectivity index (χ4n) is 2.42. The van der Waals surface area contributed by atoms with Crippen LogP contribution in [0.15, 0.2) is 45.9 Å². The van der Waals surface area contributed by atoms with E-state index in [-0.39, 0.29) is 0 Å². The Hall–Kier alpha value is -2.34. The molecule has 0 atom stereocenters. The molecule has 2 aromatic heterocycles. The lowest BCUT2D eigenvalue weighted by Gasteiger charge is -2.10. The van der Waals surface area contributed by atoms with E-state index < -0.39 is 0 Å². The van der Waals surface area contributed by atoms with Gasteiger partial charge in [0.2, 0.25) is 0 Å². The van der Waals surface area contributed by atoms with Gasteiger partial charge >= 0.3 is 0 Å². The summed E-state index contributed by atoms with van der Waals surface area (Å²) in [7, 11) is 0. The Morgan fingerprint density at radius 1 is 1.29 bits per heavy atom. The van der Waals surface area contributed by atoms with E-state index in [2.05, 4.69) is 34.5 Å². The lowest BCUT2D eigenvalue weighted by Crippen LogP contribution is -2.38. The molecule has 0 spiro atoms. The second-order valence-corrected chi connectivity index (χ2v) is 6.81. The van der Waals surface area contributed by atoms with Crippen molar-refractivity contribution in [3.8, 4) is 0 Å². The maximum Gasteiger partial charge on any atom is 0.191 e. The monoisotopic (exact) mass is 342 g/mol. The van der Waals surface area contributed by atoms with E-state index in [1.54, 1.807) is 11.3 Å². The summed E-state index contributed by atoms with van der Waals surface area (Å²) in [4.78, 5) is 10.2. The van der Waals surface area contributed by atoms with Crippen molar-refractivity contribution in [2.45, 2.75) is 26.8 Å². The van der Waals surface area contributed by atoms with E-state index in [1.807, 2.05) is 36.5 Å². The van der Waals surface area contributed by atoms with Gasteiger partial charge in [-0.1, -0.05) is 18.2 Å². The lowest BCUT2D eigenvalue weighted by molar-refractivity contribution is 0.551. The number of thiazole rings is 1. The Kier molecular flexibility index (Phi) is 5.48. The number of hydrogen-bond donors (Lipinski definition) is 2. The quantitative estimate of drug-likeness (QED) is 0.532. The van der Waals surface area contributed by atoms with Crippen molar-refractivity contribution in [2.24, 2.45) is 4.99 Å². The second-order valence-electron chi connectivity index (χ2n) is 5.49. The lowest BCUT2D eigenvalue weighted by atomic mass is 10.2. The molecule has 1 aromatic carbocycles. The summed E-state index contributed by atoms with van der Waals surface area (Å²) in [5, 5.41) is 8.86. The summed E-state index contributed by atoms with van der Waals surface area (Å²) in [6, 6.07) is 10.1. The van der Waals surface area contributed by atoms with Crippen molar-refractivity contribution in [3.63, 3.8) is 0 Å². The third-order valence-electron chi connectivity index (χ3n) is 3.51. The molecule has 3 aromatic rings. The minimum atomic E-state index is 0.514. The van der Waals surface area contributed by atoms with Gasteiger partial charge in [0.05, 0.1) is 5.01 Å². The van der Waals surface area contributed by atoms with Gasteiger partial charge in [0.15, 0.2) is 5.96 Å². The first-order valence-corrected chi connectivity index (χ1v) is 8.97. The van der Waals surface area contributed by atoms with Crippen LogP contribution >= 0.6 is 11.3 Å². The van der Waals surface area contributed by atoms with Gasteiger partial charge in [-0.25, -0.2) is 9.98 Å². The maximum atomic E-state index is 5.80. The average molecular weight is 342 g/mol. The molecule has 24 heavy (non-hydrogen) atoms. The molecule has 2 heterocycles. The largest absolute Gasteiger partial charge is 0.459 e. The van der Waals surface area contributed by atoms with Gasteiger partial charge in [0.25, 0.3) is 0 Å². The van der Waals surface area contributed by atoms with Crippen LogP contribution in [0.4, 0.5) is 0 Å². The third-order valence-corrected chi connectivity index (χ3v) is 4.49. The zero-order valence-corrected chi connectivity index (χ0v) is 14.8. The number of rotatable bonds is 6. The highest BCUT2D eigenvalue weighted by atomic mass is 32.1. The molecular formula is C18H22N4OS. The summed E-state index contributed by atoms with van der Waals surface area (Å²) < 4.78 is 5.80. The normalized spacial score (nSPS) is 11.8. The number of aryl methyl sites for hydroxylation is 1. The zero-order chi connectivity index (χ0) is 16.8. The number of furan rings is 1. The number of hydrogen-bond acceptors (Lipinski definition) is 4. The summed E-state index contributed by atoms with van der Waals surface area (Å²) >= 11 is 1.74. The number of benzene rings is 1. The van der Waals surface area contributed by atoms with Crippen LogP contribution in [0.3, 0.4) is 0 Å². The van der Waals surface area contributed by atoms with Crippen molar-refractivity contribution in [3.05, 3.63) is 52.2 Å². The molecule has 6 heteroatoms. The molecule has 0 radical (unpaired) electrons. The number of fused-ring (bicyclic) bond motifs is 1. The Labute approximate surface area is 145 Å². The topological polar surface area (TPSA) is 62.5 Å². The van der Waals surface area contributed by atoms with Crippen LogP contribution in [-0.2, 0) is 13.0 Å². The Morgan fingerprint density at radius 3 is 2.92 bits per heavy atom. The molecule has 0 fully saturated rings. The van der Waals surface area contributed by atoms with E-state index >= 15 is 0 Å². The fraction of sp³-hybridized carbons (Fsp3) is 0.333. The van der Waals surface area contributed by atoms with Crippen LogP contribution in [0.25, 0.3) is 11.0 Å². The van der Waals surface area contributed by atoms with Crippen LogP contribution in [0, 0.1) is 6.92 Å². The Bertz CT molecular complexity index is 788. The summed E-state index contributed by atoms with van der Waals surface area (Å²) in [6.45, 7) is 6.28. The first-order valence-electron chi connectivity index (χ1n) is 8.15. The third kappa shape index (κ3) is 4.35. The standard InChI is InChI=1S/C18H22N4OS/c1-3-19-18(20-9-8-17-21-11-13(2)24-17)22-12-15-10-14-6-4-5-7-16(14)23-15/h4-7,10-11H,3,8-9,12H2,1-2H3,(H2,19,20,22). The molecule has 3 rings (SSSR count). The predicted octanol–water partition coefficient (Wildman–Crippen LogP) is 3.50. The minimum Gasteiger partial charge on any atom is -0.459 e. The first kappa shape index (κ1) is 16.5. The minimum absolute atomic E-state index is 0.514. The molecule has 0 unspecified atom stereocenters. The molecule has 0 amide bonds. The van der Waals surface area contributed by atoms with Crippen LogP contribution in [-0.4, -0.2) is 24.0 Å². The summed E-state index contributed by atoms with van der Waals surface area (Å²) in [5.41, 5.74) is 0.903. The molecule has 2 N–H and O–H groups in total.